The number of benzene rings is 1. The molecule has 0 bridgehead atoms. The van der Waals surface area contributed by atoms with Gasteiger partial charge in [0.25, 0.3) is 5.56 Å². The summed E-state index contributed by atoms with van der Waals surface area (Å²) in [5, 5.41) is 3.30. The Morgan fingerprint density at radius 2 is 2.04 bits per heavy atom. The molecule has 0 atom stereocenters. The number of rotatable bonds is 5. The Morgan fingerprint density at radius 1 is 1.24 bits per heavy atom. The smallest absolute Gasteiger partial charge is 0.289 e. The van der Waals surface area contributed by atoms with Gasteiger partial charge in [-0.3, -0.25) is 4.79 Å². The lowest BCUT2D eigenvalue weighted by Gasteiger charge is -2.19. The van der Waals surface area contributed by atoms with E-state index in [0.717, 1.165) is 25.0 Å². The van der Waals surface area contributed by atoms with Crippen molar-refractivity contribution in [1.82, 2.24) is 4.57 Å². The van der Waals surface area contributed by atoms with Crippen molar-refractivity contribution in [2.75, 3.05) is 10.0 Å². The second kappa shape index (κ2) is 6.64. The molecule has 4 nitrogen and oxygen atoms in total. The first-order valence-electron chi connectivity index (χ1n) is 8.13. The van der Waals surface area contributed by atoms with E-state index in [9.17, 15) is 13.6 Å². The van der Waals surface area contributed by atoms with E-state index in [1.165, 1.54) is 28.6 Å². The Morgan fingerprint density at radius 3 is 2.76 bits per heavy atom. The molecule has 0 radical (unpaired) electrons. The fourth-order valence-electron chi connectivity index (χ4n) is 2.92. The summed E-state index contributed by atoms with van der Waals surface area (Å²) in [4.78, 5) is 12.3. The van der Waals surface area contributed by atoms with Gasteiger partial charge in [0.1, 0.15) is 11.5 Å². The van der Waals surface area contributed by atoms with Gasteiger partial charge in [-0.15, -0.1) is 0 Å². The number of hydrogen-bond donors (Lipinski definition) is 2. The third-order valence-corrected chi connectivity index (χ3v) is 5.97. The maximum Gasteiger partial charge on any atom is 0.289 e. The minimum Gasteiger partial charge on any atom is -0.349 e. The Labute approximate surface area is 156 Å². The third-order valence-electron chi connectivity index (χ3n) is 4.35. The van der Waals surface area contributed by atoms with Crippen LogP contribution in [0.5, 0.6) is 0 Å². The molecule has 2 N–H and O–H groups in total. The van der Waals surface area contributed by atoms with E-state index in [-0.39, 0.29) is 11.4 Å². The van der Waals surface area contributed by atoms with Crippen molar-refractivity contribution >= 4 is 44.9 Å². The van der Waals surface area contributed by atoms with Gasteiger partial charge in [0.05, 0.1) is 11.4 Å². The molecule has 0 saturated heterocycles. The van der Waals surface area contributed by atoms with Gasteiger partial charge < -0.3 is 14.6 Å². The molecule has 1 aliphatic heterocycles. The van der Waals surface area contributed by atoms with Crippen molar-refractivity contribution in [2.24, 2.45) is 0 Å². The predicted octanol–water partition coefficient (Wildman–Crippen LogP) is 4.80. The maximum atomic E-state index is 14.8. The molecule has 1 saturated carbocycles. The summed E-state index contributed by atoms with van der Waals surface area (Å²) in [5.41, 5.74) is 0.819. The van der Waals surface area contributed by atoms with Gasteiger partial charge in [0, 0.05) is 22.0 Å². The SMILES string of the molecule is O=c1c(F)c(Nc2ccc(Br)cc2F)c(NSC2CC2)c2n1CCC2. The largest absolute Gasteiger partial charge is 0.349 e. The van der Waals surface area contributed by atoms with Crippen LogP contribution >= 0.6 is 27.9 Å². The van der Waals surface area contributed by atoms with Crippen molar-refractivity contribution in [1.29, 1.82) is 0 Å². The molecule has 2 aliphatic rings. The summed E-state index contributed by atoms with van der Waals surface area (Å²) in [6.07, 6.45) is 3.74. The zero-order chi connectivity index (χ0) is 17.6. The molecule has 0 unspecified atom stereocenters. The van der Waals surface area contributed by atoms with Crippen molar-refractivity contribution in [2.45, 2.75) is 37.5 Å². The van der Waals surface area contributed by atoms with E-state index < -0.39 is 17.2 Å². The zero-order valence-corrected chi connectivity index (χ0v) is 15.6. The Hall–Kier alpha value is -1.54. The van der Waals surface area contributed by atoms with Crippen molar-refractivity contribution < 1.29 is 8.78 Å². The van der Waals surface area contributed by atoms with E-state index >= 15 is 0 Å². The fraction of sp³-hybridized carbons (Fsp3) is 0.353. The van der Waals surface area contributed by atoms with Crippen LogP contribution in [0.1, 0.15) is 25.0 Å². The summed E-state index contributed by atoms with van der Waals surface area (Å²) in [6, 6.07) is 4.48. The number of nitrogens with one attached hydrogen (secondary N) is 2. The van der Waals surface area contributed by atoms with Crippen LogP contribution in [0.25, 0.3) is 0 Å². The minimum atomic E-state index is -0.883. The van der Waals surface area contributed by atoms with Crippen LogP contribution in [0.3, 0.4) is 0 Å². The number of nitrogens with zero attached hydrogens (tertiary/aromatic N) is 1. The highest BCUT2D eigenvalue weighted by Crippen LogP contribution is 2.40. The number of hydrogen-bond acceptors (Lipinski definition) is 4. The van der Waals surface area contributed by atoms with E-state index in [2.05, 4.69) is 26.0 Å². The summed E-state index contributed by atoms with van der Waals surface area (Å²) in [6.45, 7) is 0.515. The molecular formula is C17H16BrF2N3OS. The standard InChI is InChI=1S/C17H16BrF2N3OS/c18-9-3-6-12(11(19)8-9)21-16-14(20)17(24)23-7-1-2-13(23)15(16)22-25-10-4-5-10/h3,6,8,10,21-22H,1-2,4-5,7H2. The lowest BCUT2D eigenvalue weighted by Crippen LogP contribution is -2.25. The maximum absolute atomic E-state index is 14.8. The van der Waals surface area contributed by atoms with Gasteiger partial charge >= 0.3 is 0 Å². The van der Waals surface area contributed by atoms with E-state index in [1.807, 2.05) is 0 Å². The average molecular weight is 428 g/mol. The fourth-order valence-corrected chi connectivity index (χ4v) is 4.13. The van der Waals surface area contributed by atoms with Crippen LogP contribution in [-0.2, 0) is 13.0 Å². The number of fused-ring (bicyclic) bond motifs is 1. The van der Waals surface area contributed by atoms with Crippen molar-refractivity contribution in [3.8, 4) is 0 Å². The van der Waals surface area contributed by atoms with Crippen LogP contribution in [0.15, 0.2) is 27.5 Å². The first-order chi connectivity index (χ1) is 12.0. The number of aromatic nitrogens is 1. The van der Waals surface area contributed by atoms with E-state index in [1.54, 1.807) is 6.07 Å². The molecule has 0 amide bonds. The molecule has 1 fully saturated rings. The van der Waals surface area contributed by atoms with Crippen molar-refractivity contribution in [3.63, 3.8) is 0 Å². The van der Waals surface area contributed by atoms with Gasteiger partial charge in [-0.1, -0.05) is 15.9 Å². The third kappa shape index (κ3) is 3.29. The Bertz CT molecular complexity index is 898. The van der Waals surface area contributed by atoms with Crippen LogP contribution in [0.4, 0.5) is 25.8 Å². The summed E-state index contributed by atoms with van der Waals surface area (Å²) in [5.74, 6) is -1.40. The van der Waals surface area contributed by atoms with E-state index in [4.69, 9.17) is 0 Å². The lowest BCUT2D eigenvalue weighted by molar-refractivity contribution is 0.582. The quantitative estimate of drug-likeness (QED) is 0.672. The number of halogens is 3. The molecule has 2 aromatic rings. The molecule has 1 aromatic heterocycles. The zero-order valence-electron chi connectivity index (χ0n) is 13.2. The summed E-state index contributed by atoms with van der Waals surface area (Å²) >= 11 is 4.73. The average Bonchev–Trinajstić information content (AvgIpc) is 3.28. The lowest BCUT2D eigenvalue weighted by atomic mass is 10.2. The Balaban J connectivity index is 1.78. The second-order valence-corrected chi connectivity index (χ2v) is 8.26. The molecule has 132 valence electrons. The first kappa shape index (κ1) is 16.9. The number of pyridine rings is 1. The van der Waals surface area contributed by atoms with Gasteiger partial charge in [0.2, 0.25) is 5.82 Å². The normalized spacial score (nSPS) is 16.0. The highest BCUT2D eigenvalue weighted by Gasteiger charge is 2.28. The first-order valence-corrected chi connectivity index (χ1v) is 9.81. The van der Waals surface area contributed by atoms with Crippen LogP contribution in [0, 0.1) is 11.6 Å². The molecule has 1 aromatic carbocycles. The summed E-state index contributed by atoms with van der Waals surface area (Å²) < 4.78 is 34.2. The summed E-state index contributed by atoms with van der Waals surface area (Å²) in [7, 11) is 0. The van der Waals surface area contributed by atoms with Gasteiger partial charge in [-0.2, -0.15) is 4.39 Å². The van der Waals surface area contributed by atoms with Gasteiger partial charge in [-0.05, 0) is 55.8 Å². The number of anilines is 3. The molecule has 8 heteroatoms. The van der Waals surface area contributed by atoms with Gasteiger partial charge in [0.15, 0.2) is 0 Å². The topological polar surface area (TPSA) is 46.1 Å². The second-order valence-electron chi connectivity index (χ2n) is 6.24. The monoisotopic (exact) mass is 427 g/mol. The molecule has 0 spiro atoms. The highest BCUT2D eigenvalue weighted by atomic mass is 79.9. The predicted molar refractivity (Wildman–Crippen MR) is 101 cm³/mol. The van der Waals surface area contributed by atoms with E-state index in [0.29, 0.717) is 28.4 Å². The molecule has 25 heavy (non-hydrogen) atoms. The highest BCUT2D eigenvalue weighted by molar-refractivity contribution is 9.10. The van der Waals surface area contributed by atoms with Crippen LogP contribution in [0.2, 0.25) is 0 Å². The van der Waals surface area contributed by atoms with Crippen LogP contribution in [-0.4, -0.2) is 9.82 Å². The molecule has 4 rings (SSSR count). The van der Waals surface area contributed by atoms with Crippen molar-refractivity contribution in [3.05, 3.63) is 50.4 Å². The minimum absolute atomic E-state index is 0.0209. The molecular weight excluding hydrogens is 412 g/mol. The Kier molecular flexibility index (Phi) is 4.49. The van der Waals surface area contributed by atoms with Gasteiger partial charge in [-0.25, -0.2) is 4.39 Å². The van der Waals surface area contributed by atoms with Crippen LogP contribution < -0.4 is 15.6 Å². The molecule has 1 aliphatic carbocycles. The molecule has 2 heterocycles.